The summed E-state index contributed by atoms with van der Waals surface area (Å²) in [6.45, 7) is 0. The van der Waals surface area contributed by atoms with E-state index in [2.05, 4.69) is 0 Å². The molecule has 9 nitrogen and oxygen atoms in total. The molecule has 0 fully saturated rings. The van der Waals surface area contributed by atoms with Crippen molar-refractivity contribution in [2.45, 2.75) is 0 Å². The van der Waals surface area contributed by atoms with Crippen LogP contribution < -0.4 is 6.15 Å². The van der Waals surface area contributed by atoms with Crippen molar-refractivity contribution in [2.24, 2.45) is 0 Å². The summed E-state index contributed by atoms with van der Waals surface area (Å²) in [5.41, 5.74) is 0. The Morgan fingerprint density at radius 3 is 0.667 bits per heavy atom. The summed E-state index contributed by atoms with van der Waals surface area (Å²) < 4.78 is 63.2. The molecule has 0 aromatic heterocycles. The van der Waals surface area contributed by atoms with E-state index in [0.717, 1.165) is 0 Å². The van der Waals surface area contributed by atoms with E-state index < -0.39 is 20.8 Å². The second-order valence-corrected chi connectivity index (χ2v) is 2.69. The Hall–Kier alpha value is 0.960. The molecule has 12 heteroatoms. The van der Waals surface area contributed by atoms with Crippen molar-refractivity contribution in [3.63, 3.8) is 0 Å². The van der Waals surface area contributed by atoms with Gasteiger partial charge in [-0.15, -0.1) is 0 Å². The summed E-state index contributed by atoms with van der Waals surface area (Å²) >= 11 is 0. The van der Waals surface area contributed by atoms with Crippen LogP contribution in [0.15, 0.2) is 0 Å². The standard InChI is InChI=1S/Ca.H3N.2H2O4S.2H/c;;2*1-5(2,3)4;;/h;1H3;2*(H2,1,2,3,4);;. The van der Waals surface area contributed by atoms with Crippen LogP contribution >= 0.6 is 0 Å². The molecule has 0 bridgehead atoms. The van der Waals surface area contributed by atoms with Crippen LogP contribution in [0.5, 0.6) is 0 Å². The van der Waals surface area contributed by atoms with Gasteiger partial charge in [0.1, 0.15) is 0 Å². The van der Waals surface area contributed by atoms with Gasteiger partial charge in [-0.05, 0) is 0 Å². The van der Waals surface area contributed by atoms with Gasteiger partial charge < -0.3 is 6.15 Å². The van der Waals surface area contributed by atoms with Gasteiger partial charge in [-0.2, -0.15) is 16.8 Å². The van der Waals surface area contributed by atoms with E-state index in [1.54, 1.807) is 0 Å². The molecular weight excluding hydrogens is 246 g/mol. The van der Waals surface area contributed by atoms with Crippen molar-refractivity contribution in [3.05, 3.63) is 0 Å². The molecule has 0 saturated carbocycles. The van der Waals surface area contributed by atoms with Gasteiger partial charge in [-0.1, -0.05) is 0 Å². The first kappa shape index (κ1) is 23.1. The molecule has 12 heavy (non-hydrogen) atoms. The zero-order valence-electron chi connectivity index (χ0n) is 4.95. The van der Waals surface area contributed by atoms with E-state index in [-0.39, 0.29) is 43.9 Å². The van der Waals surface area contributed by atoms with Crippen LogP contribution in [-0.4, -0.2) is 72.8 Å². The van der Waals surface area contributed by atoms with Gasteiger partial charge in [0.15, 0.2) is 0 Å². The fourth-order valence-electron chi connectivity index (χ4n) is 0. The third-order valence-corrected chi connectivity index (χ3v) is 0. The van der Waals surface area contributed by atoms with Crippen molar-refractivity contribution in [1.29, 1.82) is 0 Å². The first-order valence-electron chi connectivity index (χ1n) is 1.40. The number of rotatable bonds is 0. The molecule has 7 N–H and O–H groups in total. The van der Waals surface area contributed by atoms with Crippen LogP contribution in [0.1, 0.15) is 0 Å². The van der Waals surface area contributed by atoms with Crippen LogP contribution in [0.25, 0.3) is 0 Å². The summed E-state index contributed by atoms with van der Waals surface area (Å²) in [6.07, 6.45) is 0. The molecule has 0 saturated heterocycles. The van der Waals surface area contributed by atoms with Crippen molar-refractivity contribution in [1.82, 2.24) is 6.15 Å². The maximum atomic E-state index is 8.74. The van der Waals surface area contributed by atoms with Crippen molar-refractivity contribution >= 4 is 58.5 Å². The molecule has 0 aliphatic heterocycles. The molecule has 0 amide bonds. The van der Waals surface area contributed by atoms with Gasteiger partial charge in [0.25, 0.3) is 0 Å². The van der Waals surface area contributed by atoms with E-state index in [1.807, 2.05) is 0 Å². The molecule has 0 aliphatic carbocycles. The Morgan fingerprint density at radius 2 is 0.667 bits per heavy atom. The predicted molar refractivity (Wildman–Crippen MR) is 41.9 cm³/mol. The minimum atomic E-state index is -4.67. The van der Waals surface area contributed by atoms with E-state index in [0.29, 0.717) is 0 Å². The molecule has 0 heterocycles. The molecule has 0 aliphatic rings. The summed E-state index contributed by atoms with van der Waals surface area (Å²) in [5, 5.41) is 0. The first-order chi connectivity index (χ1) is 4.00. The number of hydrogen-bond acceptors (Lipinski definition) is 5. The topological polar surface area (TPSA) is 184 Å². The maximum absolute atomic E-state index is 8.74. The number of hydrogen-bond donors (Lipinski definition) is 5. The van der Waals surface area contributed by atoms with Gasteiger partial charge in [-0.3, -0.25) is 18.2 Å². The quantitative estimate of drug-likeness (QED) is 0.240. The fraction of sp³-hybridized carbons (Fsp3) is 0. The minimum absolute atomic E-state index is 0. The molecule has 0 unspecified atom stereocenters. The zero-order valence-corrected chi connectivity index (χ0v) is 6.58. The third-order valence-electron chi connectivity index (χ3n) is 0. The molecule has 76 valence electrons. The Balaban J connectivity index is -0.0000000457. The summed E-state index contributed by atoms with van der Waals surface area (Å²) in [4.78, 5) is 0. The van der Waals surface area contributed by atoms with Crippen LogP contribution in [-0.2, 0) is 20.8 Å². The van der Waals surface area contributed by atoms with Gasteiger partial charge >= 0.3 is 58.5 Å². The molecule has 0 radical (unpaired) electrons. The molecular formula is H9CaNO8S2. The molecule has 0 rings (SSSR count). The summed E-state index contributed by atoms with van der Waals surface area (Å²) in [5.74, 6) is 0. The Labute approximate surface area is 98.9 Å². The van der Waals surface area contributed by atoms with Gasteiger partial charge in [-0.25, -0.2) is 0 Å². The van der Waals surface area contributed by atoms with Gasteiger partial charge in [0.05, 0.1) is 0 Å². The average Bonchev–Trinajstić information content (AvgIpc) is 1.12. The van der Waals surface area contributed by atoms with E-state index in [9.17, 15) is 0 Å². The Kier molecular flexibility index (Phi) is 16.5. The van der Waals surface area contributed by atoms with Crippen LogP contribution in [0, 0.1) is 0 Å². The SMILES string of the molecule is N.O=S(=O)(O)O.O=S(=O)(O)O.[CaH2]. The van der Waals surface area contributed by atoms with Gasteiger partial charge in [0, 0.05) is 0 Å². The van der Waals surface area contributed by atoms with E-state index >= 15 is 0 Å². The van der Waals surface area contributed by atoms with Crippen molar-refractivity contribution < 1.29 is 35.0 Å². The second-order valence-electron chi connectivity index (χ2n) is 0.896. The van der Waals surface area contributed by atoms with Crippen molar-refractivity contribution in [3.8, 4) is 0 Å². The molecule has 0 spiro atoms. The van der Waals surface area contributed by atoms with Crippen LogP contribution in [0.2, 0.25) is 0 Å². The zero-order chi connectivity index (χ0) is 9.00. The van der Waals surface area contributed by atoms with Crippen LogP contribution in [0.3, 0.4) is 0 Å². The van der Waals surface area contributed by atoms with E-state index in [4.69, 9.17) is 35.0 Å². The second kappa shape index (κ2) is 8.55. The molecule has 0 aromatic rings. The Morgan fingerprint density at radius 1 is 0.667 bits per heavy atom. The molecule has 0 atom stereocenters. The van der Waals surface area contributed by atoms with Gasteiger partial charge in [0.2, 0.25) is 0 Å². The third kappa shape index (κ3) is 1180. The average molecular weight is 255 g/mol. The fourth-order valence-corrected chi connectivity index (χ4v) is 0. The normalized spacial score (nSPS) is 9.67. The predicted octanol–water partition coefficient (Wildman–Crippen LogP) is -2.06. The van der Waals surface area contributed by atoms with Crippen LogP contribution in [0.4, 0.5) is 0 Å². The molecule has 0 aromatic carbocycles. The monoisotopic (exact) mass is 255 g/mol. The summed E-state index contributed by atoms with van der Waals surface area (Å²) in [6, 6.07) is 0. The van der Waals surface area contributed by atoms with Crippen molar-refractivity contribution in [2.75, 3.05) is 0 Å². The summed E-state index contributed by atoms with van der Waals surface area (Å²) in [7, 11) is -9.33. The first-order valence-corrected chi connectivity index (χ1v) is 4.19. The Bertz CT molecular complexity index is 213. The van der Waals surface area contributed by atoms with E-state index in [1.165, 1.54) is 0 Å².